The topological polar surface area (TPSA) is 64.8 Å². The van der Waals surface area contributed by atoms with Crippen molar-refractivity contribution in [3.05, 3.63) is 28.1 Å². The minimum Gasteiger partial charge on any atom is -0.494 e. The Hall–Kier alpha value is -1.89. The zero-order chi connectivity index (χ0) is 14.7. The van der Waals surface area contributed by atoms with E-state index in [1.165, 1.54) is 13.2 Å². The number of piperidine rings is 1. The van der Waals surface area contributed by atoms with Crippen LogP contribution in [0.3, 0.4) is 0 Å². The first-order chi connectivity index (χ1) is 9.56. The first kappa shape index (κ1) is 14.5. The van der Waals surface area contributed by atoms with Crippen molar-refractivity contribution in [2.24, 2.45) is 0 Å². The van der Waals surface area contributed by atoms with Gasteiger partial charge in [0.1, 0.15) is 5.69 Å². The molecule has 1 aliphatic rings. The summed E-state index contributed by atoms with van der Waals surface area (Å²) >= 11 is 0. The van der Waals surface area contributed by atoms with Crippen molar-refractivity contribution < 1.29 is 18.8 Å². The van der Waals surface area contributed by atoms with Gasteiger partial charge < -0.3 is 14.4 Å². The molecule has 110 valence electrons. The van der Waals surface area contributed by atoms with E-state index in [4.69, 9.17) is 9.47 Å². The summed E-state index contributed by atoms with van der Waals surface area (Å²) in [6.45, 7) is 1.22. The third-order valence-electron chi connectivity index (χ3n) is 3.50. The molecular weight excluding hydrogens is 267 g/mol. The molecule has 0 spiro atoms. The van der Waals surface area contributed by atoms with Crippen LogP contribution in [0.25, 0.3) is 0 Å². The van der Waals surface area contributed by atoms with Crippen molar-refractivity contribution in [1.29, 1.82) is 0 Å². The number of hydrogen-bond acceptors (Lipinski definition) is 5. The van der Waals surface area contributed by atoms with Gasteiger partial charge in [-0.05, 0) is 12.8 Å². The second-order valence-electron chi connectivity index (χ2n) is 4.68. The van der Waals surface area contributed by atoms with Crippen LogP contribution in [0.2, 0.25) is 0 Å². The van der Waals surface area contributed by atoms with E-state index >= 15 is 0 Å². The first-order valence-corrected chi connectivity index (χ1v) is 6.36. The molecule has 1 unspecified atom stereocenters. The van der Waals surface area contributed by atoms with Gasteiger partial charge in [0.25, 0.3) is 5.69 Å². The second kappa shape index (κ2) is 6.04. The van der Waals surface area contributed by atoms with Crippen LogP contribution in [0.1, 0.15) is 12.8 Å². The van der Waals surface area contributed by atoms with E-state index < -0.39 is 10.7 Å². The first-order valence-electron chi connectivity index (χ1n) is 6.36. The predicted octanol–water partition coefficient (Wildman–Crippen LogP) is 2.36. The van der Waals surface area contributed by atoms with Gasteiger partial charge in [0.2, 0.25) is 0 Å². The fourth-order valence-electron chi connectivity index (χ4n) is 2.44. The smallest absolute Gasteiger partial charge is 0.295 e. The molecule has 1 aliphatic heterocycles. The molecule has 1 aromatic carbocycles. The Morgan fingerprint density at radius 1 is 1.45 bits per heavy atom. The maximum Gasteiger partial charge on any atom is 0.295 e. The molecule has 7 heteroatoms. The Kier molecular flexibility index (Phi) is 4.39. The quantitative estimate of drug-likeness (QED) is 0.627. The molecule has 0 saturated carbocycles. The number of nitrogens with zero attached hydrogens (tertiary/aromatic N) is 2. The van der Waals surface area contributed by atoms with Gasteiger partial charge in [-0.1, -0.05) is 0 Å². The van der Waals surface area contributed by atoms with E-state index in [9.17, 15) is 14.5 Å². The monoisotopic (exact) mass is 284 g/mol. The van der Waals surface area contributed by atoms with Gasteiger partial charge >= 0.3 is 0 Å². The third-order valence-corrected chi connectivity index (χ3v) is 3.50. The fraction of sp³-hybridized carbons (Fsp3) is 0.538. The van der Waals surface area contributed by atoms with E-state index in [1.807, 2.05) is 4.90 Å². The van der Waals surface area contributed by atoms with Gasteiger partial charge in [-0.2, -0.15) is 0 Å². The molecule has 0 amide bonds. The van der Waals surface area contributed by atoms with Crippen LogP contribution in [0, 0.1) is 15.9 Å². The average molecular weight is 284 g/mol. The average Bonchev–Trinajstić information content (AvgIpc) is 2.46. The predicted molar refractivity (Wildman–Crippen MR) is 71.9 cm³/mol. The standard InChI is InChI=1S/C13H17FN2O4/c1-19-9-4-3-5-15(8-9)11-7-13(20-2)10(14)6-12(11)16(17)18/h6-7,9H,3-5,8H2,1-2H3. The van der Waals surface area contributed by atoms with E-state index in [1.54, 1.807) is 7.11 Å². The maximum atomic E-state index is 13.6. The SMILES string of the molecule is COc1cc(N2CCCC(OC)C2)c([N+](=O)[O-])cc1F. The summed E-state index contributed by atoms with van der Waals surface area (Å²) in [4.78, 5) is 12.4. The van der Waals surface area contributed by atoms with Gasteiger partial charge in [-0.3, -0.25) is 10.1 Å². The summed E-state index contributed by atoms with van der Waals surface area (Å²) in [5.74, 6) is -0.728. The van der Waals surface area contributed by atoms with E-state index in [2.05, 4.69) is 0 Å². The summed E-state index contributed by atoms with van der Waals surface area (Å²) in [6.07, 6.45) is 1.81. The van der Waals surface area contributed by atoms with E-state index in [0.29, 0.717) is 18.8 Å². The molecule has 20 heavy (non-hydrogen) atoms. The molecule has 0 bridgehead atoms. The lowest BCUT2D eigenvalue weighted by atomic mass is 10.1. The highest BCUT2D eigenvalue weighted by atomic mass is 19.1. The zero-order valence-corrected chi connectivity index (χ0v) is 11.5. The Morgan fingerprint density at radius 3 is 2.80 bits per heavy atom. The Morgan fingerprint density at radius 2 is 2.20 bits per heavy atom. The number of halogens is 1. The van der Waals surface area contributed by atoms with Gasteiger partial charge in [0, 0.05) is 26.3 Å². The fourth-order valence-corrected chi connectivity index (χ4v) is 2.44. The molecule has 0 aromatic heterocycles. The van der Waals surface area contributed by atoms with Crippen molar-refractivity contribution in [2.75, 3.05) is 32.2 Å². The van der Waals surface area contributed by atoms with Crippen LogP contribution in [-0.2, 0) is 4.74 Å². The normalized spacial score (nSPS) is 18.9. The van der Waals surface area contributed by atoms with Crippen LogP contribution in [0.4, 0.5) is 15.8 Å². The number of methoxy groups -OCH3 is 2. The second-order valence-corrected chi connectivity index (χ2v) is 4.68. The summed E-state index contributed by atoms with van der Waals surface area (Å²) < 4.78 is 23.8. The van der Waals surface area contributed by atoms with Crippen molar-refractivity contribution in [3.8, 4) is 5.75 Å². The molecule has 1 fully saturated rings. The molecule has 1 aromatic rings. The zero-order valence-electron chi connectivity index (χ0n) is 11.5. The lowest BCUT2D eigenvalue weighted by Crippen LogP contribution is -2.39. The third kappa shape index (κ3) is 2.82. The van der Waals surface area contributed by atoms with Crippen LogP contribution in [0.15, 0.2) is 12.1 Å². The number of nitro groups is 1. The van der Waals surface area contributed by atoms with Crippen molar-refractivity contribution in [3.63, 3.8) is 0 Å². The molecule has 0 N–H and O–H groups in total. The summed E-state index contributed by atoms with van der Waals surface area (Å²) in [5.41, 5.74) is 0.120. The summed E-state index contributed by atoms with van der Waals surface area (Å²) in [5, 5.41) is 11.1. The largest absolute Gasteiger partial charge is 0.494 e. The highest BCUT2D eigenvalue weighted by Gasteiger charge is 2.27. The van der Waals surface area contributed by atoms with Crippen molar-refractivity contribution in [1.82, 2.24) is 0 Å². The Labute approximate surface area is 116 Å². The molecule has 1 atom stereocenters. The number of ether oxygens (including phenoxy) is 2. The van der Waals surface area contributed by atoms with E-state index in [0.717, 1.165) is 18.9 Å². The molecule has 2 rings (SSSR count). The molecule has 0 radical (unpaired) electrons. The number of benzene rings is 1. The van der Waals surface area contributed by atoms with Gasteiger partial charge in [0.05, 0.1) is 24.2 Å². The highest BCUT2D eigenvalue weighted by Crippen LogP contribution is 2.35. The van der Waals surface area contributed by atoms with Crippen LogP contribution < -0.4 is 9.64 Å². The lowest BCUT2D eigenvalue weighted by molar-refractivity contribution is -0.384. The van der Waals surface area contributed by atoms with Gasteiger partial charge in [-0.25, -0.2) is 4.39 Å². The van der Waals surface area contributed by atoms with Gasteiger partial charge in [-0.15, -0.1) is 0 Å². The Balaban J connectivity index is 2.40. The summed E-state index contributed by atoms with van der Waals surface area (Å²) in [7, 11) is 2.95. The molecule has 1 saturated heterocycles. The number of hydrogen-bond donors (Lipinski definition) is 0. The van der Waals surface area contributed by atoms with Crippen molar-refractivity contribution in [2.45, 2.75) is 18.9 Å². The number of anilines is 1. The van der Waals surface area contributed by atoms with E-state index in [-0.39, 0.29) is 17.5 Å². The summed E-state index contributed by atoms with van der Waals surface area (Å²) in [6, 6.07) is 2.29. The minimum absolute atomic E-state index is 0.00476. The lowest BCUT2D eigenvalue weighted by Gasteiger charge is -2.33. The molecular formula is C13H17FN2O4. The number of nitro benzene ring substituents is 1. The molecule has 1 heterocycles. The van der Waals surface area contributed by atoms with Crippen LogP contribution in [0.5, 0.6) is 5.75 Å². The van der Waals surface area contributed by atoms with Crippen LogP contribution >= 0.6 is 0 Å². The minimum atomic E-state index is -0.733. The maximum absolute atomic E-state index is 13.6. The molecule has 0 aliphatic carbocycles. The Bertz CT molecular complexity index is 509. The number of rotatable bonds is 4. The van der Waals surface area contributed by atoms with Gasteiger partial charge in [0.15, 0.2) is 11.6 Å². The van der Waals surface area contributed by atoms with Crippen molar-refractivity contribution >= 4 is 11.4 Å². The highest BCUT2D eigenvalue weighted by molar-refractivity contribution is 5.66. The molecule has 6 nitrogen and oxygen atoms in total. The van der Waals surface area contributed by atoms with Crippen LogP contribution in [-0.4, -0.2) is 38.3 Å².